The Bertz CT molecular complexity index is 812. The second kappa shape index (κ2) is 7.03. The van der Waals surface area contributed by atoms with Crippen molar-refractivity contribution in [2.24, 2.45) is 15.7 Å². The summed E-state index contributed by atoms with van der Waals surface area (Å²) in [5.74, 6) is 0.751. The van der Waals surface area contributed by atoms with E-state index in [0.717, 1.165) is 43.3 Å². The molecule has 134 valence electrons. The zero-order valence-corrected chi connectivity index (χ0v) is 14.3. The van der Waals surface area contributed by atoms with Gasteiger partial charge in [0.15, 0.2) is 0 Å². The lowest BCUT2D eigenvalue weighted by molar-refractivity contribution is 0.497. The molecule has 0 saturated carbocycles. The van der Waals surface area contributed by atoms with Gasteiger partial charge in [-0.15, -0.1) is 0 Å². The highest BCUT2D eigenvalue weighted by molar-refractivity contribution is 6.06. The van der Waals surface area contributed by atoms with Crippen LogP contribution in [0.4, 0.5) is 15.8 Å². The first-order chi connectivity index (χ1) is 12.7. The van der Waals surface area contributed by atoms with E-state index in [0.29, 0.717) is 0 Å². The molecule has 4 rings (SSSR count). The van der Waals surface area contributed by atoms with E-state index in [2.05, 4.69) is 20.2 Å². The van der Waals surface area contributed by atoms with Gasteiger partial charge < -0.3 is 16.0 Å². The molecule has 2 aromatic carbocycles. The van der Waals surface area contributed by atoms with Crippen molar-refractivity contribution in [1.82, 2.24) is 4.90 Å². The topological polar surface area (TPSA) is 69.2 Å². The fraction of sp³-hybridized carbons (Fsp3) is 0.263. The summed E-state index contributed by atoms with van der Waals surface area (Å²) in [5.41, 5.74) is 7.74. The highest BCUT2D eigenvalue weighted by atomic mass is 19.1. The summed E-state index contributed by atoms with van der Waals surface area (Å²) in [6, 6.07) is 16.2. The minimum absolute atomic E-state index is 0.235. The van der Waals surface area contributed by atoms with Gasteiger partial charge in [0, 0.05) is 24.5 Å². The summed E-state index contributed by atoms with van der Waals surface area (Å²) in [5, 5.41) is 3.32. The van der Waals surface area contributed by atoms with Gasteiger partial charge in [0.1, 0.15) is 5.82 Å². The van der Waals surface area contributed by atoms with Gasteiger partial charge in [0.25, 0.3) is 0 Å². The predicted octanol–water partition coefficient (Wildman–Crippen LogP) is 2.81. The number of hydrogen-bond donors (Lipinski definition) is 2. The number of benzene rings is 2. The van der Waals surface area contributed by atoms with E-state index in [1.807, 2.05) is 35.2 Å². The molecule has 7 heteroatoms. The van der Waals surface area contributed by atoms with Gasteiger partial charge >= 0.3 is 0 Å². The zero-order chi connectivity index (χ0) is 17.9. The van der Waals surface area contributed by atoms with Crippen LogP contribution in [-0.2, 0) is 0 Å². The molecule has 0 bridgehead atoms. The van der Waals surface area contributed by atoms with E-state index in [9.17, 15) is 4.39 Å². The molecule has 2 heterocycles. The van der Waals surface area contributed by atoms with Crippen LogP contribution >= 0.6 is 0 Å². The van der Waals surface area contributed by atoms with Gasteiger partial charge in [-0.25, -0.2) is 9.38 Å². The predicted molar refractivity (Wildman–Crippen MR) is 103 cm³/mol. The molecule has 1 unspecified atom stereocenters. The second-order valence-corrected chi connectivity index (χ2v) is 6.32. The van der Waals surface area contributed by atoms with Gasteiger partial charge in [-0.3, -0.25) is 4.90 Å². The molecular weight excluding hydrogens is 331 g/mol. The minimum Gasteiger partial charge on any atom is -0.368 e. The normalized spacial score (nSPS) is 20.0. The van der Waals surface area contributed by atoms with Gasteiger partial charge in [-0.05, 0) is 49.2 Å². The number of guanidine groups is 2. The molecule has 0 aliphatic carbocycles. The molecular formula is C19H21FN6. The monoisotopic (exact) mass is 352 g/mol. The summed E-state index contributed by atoms with van der Waals surface area (Å²) < 4.78 is 13.2. The van der Waals surface area contributed by atoms with Crippen LogP contribution in [0.25, 0.3) is 0 Å². The summed E-state index contributed by atoms with van der Waals surface area (Å²) in [6.45, 7) is 1.89. The van der Waals surface area contributed by atoms with E-state index in [1.54, 1.807) is 12.1 Å². The molecule has 2 aliphatic rings. The third-order valence-corrected chi connectivity index (χ3v) is 4.49. The Balaban J connectivity index is 1.70. The molecule has 1 saturated heterocycles. The molecule has 6 nitrogen and oxygen atoms in total. The van der Waals surface area contributed by atoms with Crippen molar-refractivity contribution < 1.29 is 4.39 Å². The van der Waals surface area contributed by atoms with Crippen LogP contribution in [0.15, 0.2) is 64.6 Å². The average Bonchev–Trinajstić information content (AvgIpc) is 3.18. The Labute approximate surface area is 151 Å². The fourth-order valence-corrected chi connectivity index (χ4v) is 3.26. The first-order valence-corrected chi connectivity index (χ1v) is 8.74. The van der Waals surface area contributed by atoms with Crippen molar-refractivity contribution in [2.45, 2.75) is 19.1 Å². The molecule has 2 aliphatic heterocycles. The lowest BCUT2D eigenvalue weighted by Gasteiger charge is -2.38. The van der Waals surface area contributed by atoms with E-state index < -0.39 is 6.29 Å². The summed E-state index contributed by atoms with van der Waals surface area (Å²) >= 11 is 0. The highest BCUT2D eigenvalue weighted by Crippen LogP contribution is 2.25. The summed E-state index contributed by atoms with van der Waals surface area (Å²) in [4.78, 5) is 13.3. The Hall–Kier alpha value is -3.09. The van der Waals surface area contributed by atoms with Gasteiger partial charge in [-0.2, -0.15) is 4.99 Å². The average molecular weight is 352 g/mol. The van der Waals surface area contributed by atoms with Crippen LogP contribution < -0.4 is 16.0 Å². The first-order valence-electron chi connectivity index (χ1n) is 8.74. The zero-order valence-electron chi connectivity index (χ0n) is 14.3. The van der Waals surface area contributed by atoms with Crippen LogP contribution in [0.3, 0.4) is 0 Å². The molecule has 0 radical (unpaired) electrons. The van der Waals surface area contributed by atoms with Crippen molar-refractivity contribution in [3.63, 3.8) is 0 Å². The highest BCUT2D eigenvalue weighted by Gasteiger charge is 2.32. The summed E-state index contributed by atoms with van der Waals surface area (Å²) in [6.07, 6.45) is 1.81. The Morgan fingerprint density at radius 1 is 1.00 bits per heavy atom. The first kappa shape index (κ1) is 16.4. The van der Waals surface area contributed by atoms with Gasteiger partial charge in [-0.1, -0.05) is 18.2 Å². The molecule has 3 N–H and O–H groups in total. The van der Waals surface area contributed by atoms with Crippen molar-refractivity contribution in [2.75, 3.05) is 23.3 Å². The third kappa shape index (κ3) is 3.33. The molecule has 0 spiro atoms. The molecule has 1 atom stereocenters. The summed E-state index contributed by atoms with van der Waals surface area (Å²) in [7, 11) is 0. The SMILES string of the molecule is NC1=NC(Nc2ccc(F)cc2)N(c2ccccc2)C(N2CCCC2)=N1. The number of nitrogens with zero attached hydrogens (tertiary/aromatic N) is 4. The van der Waals surface area contributed by atoms with E-state index in [-0.39, 0.29) is 11.8 Å². The smallest absolute Gasteiger partial charge is 0.222 e. The maximum atomic E-state index is 13.2. The second-order valence-electron chi connectivity index (χ2n) is 6.32. The van der Waals surface area contributed by atoms with Crippen LogP contribution in [0.2, 0.25) is 0 Å². The van der Waals surface area contributed by atoms with Gasteiger partial charge in [0.05, 0.1) is 0 Å². The van der Waals surface area contributed by atoms with Crippen molar-refractivity contribution >= 4 is 23.3 Å². The van der Waals surface area contributed by atoms with Gasteiger partial charge in [0.2, 0.25) is 18.2 Å². The Kier molecular flexibility index (Phi) is 4.43. The number of rotatable bonds is 3. The van der Waals surface area contributed by atoms with Crippen molar-refractivity contribution in [1.29, 1.82) is 0 Å². The number of aliphatic imine (C=N–C) groups is 2. The van der Waals surface area contributed by atoms with Crippen LogP contribution in [-0.4, -0.2) is 36.2 Å². The number of halogens is 1. The molecule has 1 fully saturated rings. The van der Waals surface area contributed by atoms with E-state index in [4.69, 9.17) is 5.73 Å². The number of likely N-dealkylation sites (tertiary alicyclic amines) is 1. The van der Waals surface area contributed by atoms with E-state index >= 15 is 0 Å². The fourth-order valence-electron chi connectivity index (χ4n) is 3.26. The van der Waals surface area contributed by atoms with Crippen LogP contribution in [0.1, 0.15) is 12.8 Å². The molecule has 2 aromatic rings. The Morgan fingerprint density at radius 2 is 1.69 bits per heavy atom. The van der Waals surface area contributed by atoms with Crippen LogP contribution in [0, 0.1) is 5.82 Å². The lowest BCUT2D eigenvalue weighted by atomic mass is 10.2. The number of anilines is 2. The minimum atomic E-state index is -0.462. The number of para-hydroxylation sites is 1. The quantitative estimate of drug-likeness (QED) is 0.891. The van der Waals surface area contributed by atoms with E-state index in [1.165, 1.54) is 12.1 Å². The lowest BCUT2D eigenvalue weighted by Crippen LogP contribution is -2.54. The van der Waals surface area contributed by atoms with Crippen LogP contribution in [0.5, 0.6) is 0 Å². The molecule has 26 heavy (non-hydrogen) atoms. The Morgan fingerprint density at radius 3 is 2.38 bits per heavy atom. The number of nitrogens with two attached hydrogens (primary N) is 1. The number of hydrogen-bond acceptors (Lipinski definition) is 6. The molecule has 0 amide bonds. The standard InChI is InChI=1S/C19H21FN6/c20-14-8-10-15(11-9-14)22-18-23-17(21)24-19(25-12-4-5-13-25)26(18)16-6-2-1-3-7-16/h1-3,6-11,18,22H,4-5,12-13H2,(H2,21,23). The largest absolute Gasteiger partial charge is 0.368 e. The maximum absolute atomic E-state index is 13.2. The van der Waals surface area contributed by atoms with Crippen molar-refractivity contribution in [3.05, 3.63) is 60.4 Å². The molecule has 0 aromatic heterocycles. The number of nitrogens with one attached hydrogen (secondary N) is 1. The third-order valence-electron chi connectivity index (χ3n) is 4.49. The van der Waals surface area contributed by atoms with Crippen molar-refractivity contribution in [3.8, 4) is 0 Å². The maximum Gasteiger partial charge on any atom is 0.222 e.